The van der Waals surface area contributed by atoms with Gasteiger partial charge in [-0.05, 0) is 12.3 Å². The second-order valence-electron chi connectivity index (χ2n) is 3.18. The number of ether oxygens (including phenoxy) is 1. The van der Waals surface area contributed by atoms with E-state index in [1.165, 1.54) is 0 Å². The number of alkyl halides is 3. The average Bonchev–Trinajstić information content (AvgIpc) is 2.46. The van der Waals surface area contributed by atoms with Gasteiger partial charge in [0.2, 0.25) is 0 Å². The summed E-state index contributed by atoms with van der Waals surface area (Å²) >= 11 is -0.550. The van der Waals surface area contributed by atoms with Gasteiger partial charge in [0, 0.05) is 0 Å². The van der Waals surface area contributed by atoms with Gasteiger partial charge in [-0.25, -0.2) is 0 Å². The molecule has 0 spiro atoms. The zero-order chi connectivity index (χ0) is 10.8. The van der Waals surface area contributed by atoms with Crippen molar-refractivity contribution in [3.05, 3.63) is 0 Å². The number of carbonyl (C=O) groups excluding carboxylic acids is 1. The Bertz CT molecular complexity index is 221. The van der Waals surface area contributed by atoms with Crippen LogP contribution in [-0.4, -0.2) is 24.1 Å². The van der Waals surface area contributed by atoms with Crippen molar-refractivity contribution in [3.63, 3.8) is 0 Å². The van der Waals surface area contributed by atoms with E-state index in [1.54, 1.807) is 4.72 Å². The molecule has 1 amide bonds. The summed E-state index contributed by atoms with van der Waals surface area (Å²) in [7, 11) is 0. The highest BCUT2D eigenvalue weighted by Gasteiger charge is 2.33. The summed E-state index contributed by atoms with van der Waals surface area (Å²) in [6, 6.07) is 0. The van der Waals surface area contributed by atoms with Gasteiger partial charge in [-0.3, -0.25) is 9.52 Å². The lowest BCUT2D eigenvalue weighted by Crippen LogP contribution is -2.31. The number of carbonyl (C=O) groups is 1. The molecule has 82 valence electrons. The largest absolute Gasteiger partial charge is 0.461 e. The van der Waals surface area contributed by atoms with Crippen molar-refractivity contribution < 1.29 is 22.7 Å². The molecule has 0 aliphatic carbocycles. The topological polar surface area (TPSA) is 38.3 Å². The van der Waals surface area contributed by atoms with Crippen LogP contribution in [0.2, 0.25) is 0 Å². The third kappa shape index (κ3) is 3.75. The fraction of sp³-hybridized carbons (Fsp3) is 0.857. The summed E-state index contributed by atoms with van der Waals surface area (Å²) in [6.07, 6.45) is -0.260. The van der Waals surface area contributed by atoms with Gasteiger partial charge in [-0.15, -0.1) is 0 Å². The molecule has 0 unspecified atom stereocenters. The first-order chi connectivity index (χ1) is 6.38. The Hall–Kier alpha value is -0.430. The molecule has 0 aromatic heterocycles. The van der Waals surface area contributed by atoms with Crippen LogP contribution in [0.15, 0.2) is 0 Å². The van der Waals surface area contributed by atoms with Gasteiger partial charge in [0.15, 0.2) is 0 Å². The normalized spacial score (nSPS) is 27.7. The van der Waals surface area contributed by atoms with E-state index in [0.717, 1.165) is 0 Å². The molecule has 1 saturated heterocycles. The molecule has 14 heavy (non-hydrogen) atoms. The molecule has 7 heteroatoms. The van der Waals surface area contributed by atoms with Crippen LogP contribution in [0.25, 0.3) is 0 Å². The Labute approximate surface area is 83.5 Å². The Morgan fingerprint density at radius 2 is 2.21 bits per heavy atom. The Morgan fingerprint density at radius 3 is 2.64 bits per heavy atom. The molecular formula is C7H10F3NO2S. The quantitative estimate of drug-likeness (QED) is 0.732. The van der Waals surface area contributed by atoms with E-state index in [9.17, 15) is 18.0 Å². The monoisotopic (exact) mass is 229 g/mol. The number of nitrogens with one attached hydrogen (secondary N) is 1. The number of halogens is 3. The lowest BCUT2D eigenvalue weighted by atomic mass is 10.1. The molecule has 1 rings (SSSR count). The summed E-state index contributed by atoms with van der Waals surface area (Å²) < 4.78 is 41.8. The lowest BCUT2D eigenvalue weighted by molar-refractivity contribution is -0.128. The van der Waals surface area contributed by atoms with Crippen molar-refractivity contribution in [2.45, 2.75) is 25.0 Å². The minimum atomic E-state index is -4.44. The van der Waals surface area contributed by atoms with Gasteiger partial charge in [0.25, 0.3) is 5.91 Å². The molecule has 2 atom stereocenters. The van der Waals surface area contributed by atoms with Crippen LogP contribution in [0.4, 0.5) is 13.2 Å². The molecule has 1 fully saturated rings. The second-order valence-corrected chi connectivity index (χ2v) is 4.05. The zero-order valence-corrected chi connectivity index (χ0v) is 8.24. The minimum absolute atomic E-state index is 0.224. The fourth-order valence-corrected chi connectivity index (χ4v) is 1.49. The Kier molecular flexibility index (Phi) is 3.65. The van der Waals surface area contributed by atoms with Crippen LogP contribution in [0, 0.1) is 5.92 Å². The Morgan fingerprint density at radius 1 is 1.57 bits per heavy atom. The van der Waals surface area contributed by atoms with E-state index < -0.39 is 29.5 Å². The number of rotatable bonds is 2. The molecule has 3 nitrogen and oxygen atoms in total. The fourth-order valence-electron chi connectivity index (χ4n) is 1.14. The molecule has 1 aliphatic heterocycles. The molecule has 0 radical (unpaired) electrons. The summed E-state index contributed by atoms with van der Waals surface area (Å²) in [5.74, 6) is -0.488. The first kappa shape index (κ1) is 11.6. The smallest absolute Gasteiger partial charge is 0.368 e. The van der Waals surface area contributed by atoms with Gasteiger partial charge in [-0.1, -0.05) is 6.92 Å². The van der Waals surface area contributed by atoms with Crippen molar-refractivity contribution in [2.24, 2.45) is 5.92 Å². The highest BCUT2D eigenvalue weighted by atomic mass is 32.2. The van der Waals surface area contributed by atoms with Gasteiger partial charge >= 0.3 is 5.51 Å². The lowest BCUT2D eigenvalue weighted by Gasteiger charge is -2.10. The van der Waals surface area contributed by atoms with E-state index in [2.05, 4.69) is 0 Å². The number of hydrogen-bond acceptors (Lipinski definition) is 3. The third-order valence-electron chi connectivity index (χ3n) is 1.76. The molecule has 1 aliphatic rings. The van der Waals surface area contributed by atoms with Gasteiger partial charge < -0.3 is 4.74 Å². The number of hydrogen-bond donors (Lipinski definition) is 1. The summed E-state index contributed by atoms with van der Waals surface area (Å²) in [5, 5.41) is 0. The molecule has 0 bridgehead atoms. The molecular weight excluding hydrogens is 219 g/mol. The molecule has 0 aromatic carbocycles. The van der Waals surface area contributed by atoms with Gasteiger partial charge in [0.05, 0.1) is 18.6 Å². The molecule has 0 aromatic rings. The van der Waals surface area contributed by atoms with E-state index >= 15 is 0 Å². The standard InChI is InChI=1S/C7H10F3NO2S/c1-4-2-5(13-3-4)6(12)11-14-7(8,9)10/h4-5H,2-3H2,1H3,(H,11,12)/t4-,5-/m1/s1. The van der Waals surface area contributed by atoms with Crippen molar-refractivity contribution >= 4 is 17.9 Å². The van der Waals surface area contributed by atoms with Crippen LogP contribution in [0.1, 0.15) is 13.3 Å². The van der Waals surface area contributed by atoms with Crippen molar-refractivity contribution in [2.75, 3.05) is 6.61 Å². The first-order valence-electron chi connectivity index (χ1n) is 4.04. The van der Waals surface area contributed by atoms with Crippen LogP contribution < -0.4 is 4.72 Å². The second kappa shape index (κ2) is 4.39. The van der Waals surface area contributed by atoms with Gasteiger partial charge in [0.1, 0.15) is 6.10 Å². The summed E-state index contributed by atoms with van der Waals surface area (Å²) in [4.78, 5) is 11.1. The van der Waals surface area contributed by atoms with Crippen LogP contribution in [-0.2, 0) is 9.53 Å². The van der Waals surface area contributed by atoms with Crippen molar-refractivity contribution in [1.82, 2.24) is 4.72 Å². The molecule has 1 heterocycles. The van der Waals surface area contributed by atoms with Crippen LogP contribution >= 0.6 is 11.9 Å². The zero-order valence-electron chi connectivity index (χ0n) is 7.43. The SMILES string of the molecule is C[C@H]1CO[C@@H](C(=O)NSC(F)(F)F)C1. The summed E-state index contributed by atoms with van der Waals surface area (Å²) in [5.41, 5.74) is -4.44. The predicted molar refractivity (Wildman–Crippen MR) is 45.3 cm³/mol. The van der Waals surface area contributed by atoms with Gasteiger partial charge in [-0.2, -0.15) is 13.2 Å². The van der Waals surface area contributed by atoms with Crippen LogP contribution in [0.3, 0.4) is 0 Å². The molecule has 1 N–H and O–H groups in total. The van der Waals surface area contributed by atoms with Crippen molar-refractivity contribution in [1.29, 1.82) is 0 Å². The maximum atomic E-state index is 11.7. The highest BCUT2D eigenvalue weighted by molar-refractivity contribution is 7.98. The first-order valence-corrected chi connectivity index (χ1v) is 4.86. The predicted octanol–water partition coefficient (Wildman–Crippen LogP) is 1.70. The minimum Gasteiger partial charge on any atom is -0.368 e. The van der Waals surface area contributed by atoms with Crippen LogP contribution in [0.5, 0.6) is 0 Å². The van der Waals surface area contributed by atoms with E-state index in [4.69, 9.17) is 4.74 Å². The number of amides is 1. The summed E-state index contributed by atoms with van der Waals surface area (Å²) in [6.45, 7) is 2.30. The Balaban J connectivity index is 2.29. The van der Waals surface area contributed by atoms with E-state index in [-0.39, 0.29) is 5.92 Å². The maximum absolute atomic E-state index is 11.7. The van der Waals surface area contributed by atoms with E-state index in [0.29, 0.717) is 13.0 Å². The maximum Gasteiger partial charge on any atom is 0.461 e. The van der Waals surface area contributed by atoms with E-state index in [1.807, 2.05) is 6.92 Å². The average molecular weight is 229 g/mol. The third-order valence-corrected chi connectivity index (χ3v) is 2.29. The molecule has 0 saturated carbocycles. The highest BCUT2D eigenvalue weighted by Crippen LogP contribution is 2.28. The van der Waals surface area contributed by atoms with Crippen molar-refractivity contribution in [3.8, 4) is 0 Å².